The summed E-state index contributed by atoms with van der Waals surface area (Å²) in [6.45, 7) is 4.68. The maximum Gasteiger partial charge on any atom is 0.303 e. The number of aliphatic carboxylic acids is 1. The van der Waals surface area contributed by atoms with Gasteiger partial charge in [0.05, 0.1) is 0 Å². The lowest BCUT2D eigenvalue weighted by Gasteiger charge is -2.44. The molecule has 218 valence electrons. The number of carbonyl (C=O) groups is 2. The quantitative estimate of drug-likeness (QED) is 0.0911. The summed E-state index contributed by atoms with van der Waals surface area (Å²) in [5, 5.41) is 8.83. The topological polar surface area (TPSA) is 54.4 Å². The van der Waals surface area contributed by atoms with Gasteiger partial charge in [0, 0.05) is 12.8 Å². The Kier molecular flexibility index (Phi) is 22.3. The fraction of sp³-hybridized carbons (Fsp3) is 0.941. The molecule has 0 saturated heterocycles. The third-order valence-electron chi connectivity index (χ3n) is 9.31. The van der Waals surface area contributed by atoms with Gasteiger partial charge >= 0.3 is 5.97 Å². The number of hydrogen-bond donors (Lipinski definition) is 1. The molecule has 1 fully saturated rings. The average Bonchev–Trinajstić information content (AvgIpc) is 2.89. The van der Waals surface area contributed by atoms with Crippen molar-refractivity contribution in [1.29, 1.82) is 0 Å². The maximum absolute atomic E-state index is 10.7. The Labute approximate surface area is 231 Å². The van der Waals surface area contributed by atoms with Crippen LogP contribution < -0.4 is 0 Å². The van der Waals surface area contributed by atoms with Gasteiger partial charge in [0.1, 0.15) is 6.29 Å². The zero-order chi connectivity index (χ0) is 27.0. The Hall–Kier alpha value is -0.860. The van der Waals surface area contributed by atoms with Crippen molar-refractivity contribution in [2.45, 2.75) is 181 Å². The van der Waals surface area contributed by atoms with Gasteiger partial charge in [-0.05, 0) is 62.2 Å². The van der Waals surface area contributed by atoms with Gasteiger partial charge < -0.3 is 9.90 Å². The van der Waals surface area contributed by atoms with E-state index in [1.807, 2.05) is 0 Å². The van der Waals surface area contributed by atoms with Crippen LogP contribution in [0, 0.1) is 23.7 Å². The van der Waals surface area contributed by atoms with E-state index in [4.69, 9.17) is 5.11 Å². The van der Waals surface area contributed by atoms with Gasteiger partial charge in [-0.15, -0.1) is 0 Å². The van der Waals surface area contributed by atoms with Crippen LogP contribution in [-0.2, 0) is 9.59 Å². The number of hydrogen-bond acceptors (Lipinski definition) is 2. The molecule has 1 saturated carbocycles. The standard InChI is InChI=1S/C34H64O3/c1-3-5-16-22-30-27-28-31(23-18-12-8-7-11-15-21-29-35)32(24-17-6-4-2)33(30)25-19-13-9-10-14-20-26-34(36)37/h29-33H,3-28H2,1-2H3,(H,36,37). The molecule has 0 aromatic carbocycles. The Bertz CT molecular complexity index is 531. The summed E-state index contributed by atoms with van der Waals surface area (Å²) in [4.78, 5) is 21.2. The number of carboxylic acids is 1. The van der Waals surface area contributed by atoms with Crippen molar-refractivity contribution in [3.63, 3.8) is 0 Å². The van der Waals surface area contributed by atoms with Crippen LogP contribution in [0.3, 0.4) is 0 Å². The normalized spacial score (nSPS) is 21.8. The molecule has 1 aliphatic carbocycles. The fourth-order valence-corrected chi connectivity index (χ4v) is 7.16. The van der Waals surface area contributed by atoms with Crippen molar-refractivity contribution >= 4 is 12.3 Å². The van der Waals surface area contributed by atoms with E-state index in [0.29, 0.717) is 6.42 Å². The molecular formula is C34H64O3. The average molecular weight is 521 g/mol. The van der Waals surface area contributed by atoms with Crippen molar-refractivity contribution in [1.82, 2.24) is 0 Å². The molecule has 0 bridgehead atoms. The van der Waals surface area contributed by atoms with Crippen molar-refractivity contribution < 1.29 is 14.7 Å². The third-order valence-corrected chi connectivity index (χ3v) is 9.31. The van der Waals surface area contributed by atoms with Crippen LogP contribution in [0.1, 0.15) is 181 Å². The van der Waals surface area contributed by atoms with Gasteiger partial charge in [0.15, 0.2) is 0 Å². The molecule has 1 rings (SSSR count). The first-order valence-corrected chi connectivity index (χ1v) is 16.8. The van der Waals surface area contributed by atoms with Gasteiger partial charge in [-0.3, -0.25) is 4.79 Å². The van der Waals surface area contributed by atoms with Gasteiger partial charge in [-0.1, -0.05) is 129 Å². The number of carboxylic acid groups (broad SMARTS) is 1. The van der Waals surface area contributed by atoms with E-state index in [2.05, 4.69) is 13.8 Å². The molecule has 0 amide bonds. The minimum atomic E-state index is -0.648. The highest BCUT2D eigenvalue weighted by molar-refractivity contribution is 5.66. The number of carbonyl (C=O) groups excluding carboxylic acids is 1. The van der Waals surface area contributed by atoms with Crippen LogP contribution in [-0.4, -0.2) is 17.4 Å². The summed E-state index contributed by atoms with van der Waals surface area (Å²) in [5.74, 6) is 3.17. The molecule has 1 N–H and O–H groups in total. The highest BCUT2D eigenvalue weighted by Crippen LogP contribution is 2.47. The molecule has 4 unspecified atom stereocenters. The largest absolute Gasteiger partial charge is 0.481 e. The van der Waals surface area contributed by atoms with Crippen LogP contribution in [0.15, 0.2) is 0 Å². The van der Waals surface area contributed by atoms with E-state index in [1.165, 1.54) is 135 Å². The van der Waals surface area contributed by atoms with Crippen molar-refractivity contribution in [3.8, 4) is 0 Å². The summed E-state index contributed by atoms with van der Waals surface area (Å²) in [7, 11) is 0. The first kappa shape index (κ1) is 34.2. The van der Waals surface area contributed by atoms with Crippen molar-refractivity contribution in [2.24, 2.45) is 23.7 Å². The summed E-state index contributed by atoms with van der Waals surface area (Å²) >= 11 is 0. The second-order valence-electron chi connectivity index (χ2n) is 12.3. The molecule has 37 heavy (non-hydrogen) atoms. The summed E-state index contributed by atoms with van der Waals surface area (Å²) in [5.41, 5.74) is 0. The molecule has 3 heteroatoms. The Balaban J connectivity index is 2.59. The van der Waals surface area contributed by atoms with Crippen LogP contribution >= 0.6 is 0 Å². The minimum absolute atomic E-state index is 0.336. The van der Waals surface area contributed by atoms with Gasteiger partial charge in [-0.2, -0.15) is 0 Å². The lowest BCUT2D eigenvalue weighted by atomic mass is 9.61. The van der Waals surface area contributed by atoms with E-state index in [0.717, 1.165) is 55.6 Å². The van der Waals surface area contributed by atoms with E-state index in [1.54, 1.807) is 0 Å². The van der Waals surface area contributed by atoms with Gasteiger partial charge in [0.2, 0.25) is 0 Å². The molecule has 0 spiro atoms. The number of unbranched alkanes of at least 4 members (excludes halogenated alkanes) is 15. The van der Waals surface area contributed by atoms with E-state index in [9.17, 15) is 9.59 Å². The molecular weight excluding hydrogens is 456 g/mol. The molecule has 0 radical (unpaired) electrons. The third kappa shape index (κ3) is 17.4. The van der Waals surface area contributed by atoms with Gasteiger partial charge in [0.25, 0.3) is 0 Å². The van der Waals surface area contributed by atoms with Crippen LogP contribution in [0.2, 0.25) is 0 Å². The van der Waals surface area contributed by atoms with E-state index < -0.39 is 5.97 Å². The summed E-state index contributed by atoms with van der Waals surface area (Å²) in [6, 6.07) is 0. The molecule has 0 heterocycles. The predicted octanol–water partition coefficient (Wildman–Crippen LogP) is 10.9. The fourth-order valence-electron chi connectivity index (χ4n) is 7.16. The maximum atomic E-state index is 10.7. The lowest BCUT2D eigenvalue weighted by molar-refractivity contribution is -0.137. The van der Waals surface area contributed by atoms with Crippen LogP contribution in [0.25, 0.3) is 0 Å². The lowest BCUT2D eigenvalue weighted by Crippen LogP contribution is -2.35. The molecule has 0 aromatic heterocycles. The molecule has 4 atom stereocenters. The van der Waals surface area contributed by atoms with Crippen LogP contribution in [0.5, 0.6) is 0 Å². The molecule has 1 aliphatic rings. The van der Waals surface area contributed by atoms with Crippen molar-refractivity contribution in [3.05, 3.63) is 0 Å². The predicted molar refractivity (Wildman–Crippen MR) is 159 cm³/mol. The highest BCUT2D eigenvalue weighted by Gasteiger charge is 2.37. The summed E-state index contributed by atoms with van der Waals surface area (Å²) in [6.07, 6.45) is 34.1. The molecule has 3 nitrogen and oxygen atoms in total. The summed E-state index contributed by atoms with van der Waals surface area (Å²) < 4.78 is 0. The Morgan fingerprint density at radius 3 is 1.49 bits per heavy atom. The van der Waals surface area contributed by atoms with E-state index >= 15 is 0 Å². The zero-order valence-corrected chi connectivity index (χ0v) is 25.0. The first-order chi connectivity index (χ1) is 18.1. The van der Waals surface area contributed by atoms with Crippen molar-refractivity contribution in [2.75, 3.05) is 0 Å². The minimum Gasteiger partial charge on any atom is -0.481 e. The molecule has 0 aromatic rings. The second-order valence-corrected chi connectivity index (χ2v) is 12.3. The SMILES string of the molecule is CCCCCC1CCC(CCCCCCCCC=O)C(CCCCC)C1CCCCCCCCC(=O)O. The molecule has 0 aliphatic heterocycles. The van der Waals surface area contributed by atoms with Gasteiger partial charge in [-0.25, -0.2) is 0 Å². The van der Waals surface area contributed by atoms with E-state index in [-0.39, 0.29) is 0 Å². The number of rotatable bonds is 26. The zero-order valence-electron chi connectivity index (χ0n) is 25.0. The smallest absolute Gasteiger partial charge is 0.303 e. The monoisotopic (exact) mass is 520 g/mol. The Morgan fingerprint density at radius 1 is 0.595 bits per heavy atom. The Morgan fingerprint density at radius 2 is 1.00 bits per heavy atom. The highest BCUT2D eigenvalue weighted by atomic mass is 16.4. The first-order valence-electron chi connectivity index (χ1n) is 16.8. The number of aldehydes is 1. The van der Waals surface area contributed by atoms with Crippen LogP contribution in [0.4, 0.5) is 0 Å². The second kappa shape index (κ2) is 24.2.